The molecule has 0 saturated heterocycles. The summed E-state index contributed by atoms with van der Waals surface area (Å²) in [6, 6.07) is 5.42. The van der Waals surface area contributed by atoms with Crippen LogP contribution < -0.4 is 10.5 Å². The largest absolute Gasteiger partial charge is 0.573 e. The Bertz CT molecular complexity index is 525. The topological polar surface area (TPSA) is 48.1 Å². The van der Waals surface area contributed by atoms with Crippen molar-refractivity contribution in [2.75, 3.05) is 5.73 Å². The highest BCUT2D eigenvalue weighted by Crippen LogP contribution is 2.26. The van der Waals surface area contributed by atoms with Gasteiger partial charge in [0.1, 0.15) is 5.75 Å². The first kappa shape index (κ1) is 10.5. The number of rotatable bonds is 1. The Hall–Kier alpha value is -1.98. The van der Waals surface area contributed by atoms with Gasteiger partial charge in [-0.3, -0.25) is 4.98 Å². The van der Waals surface area contributed by atoms with Gasteiger partial charge in [-0.05, 0) is 24.3 Å². The minimum absolute atomic E-state index is 0.285. The van der Waals surface area contributed by atoms with Crippen LogP contribution in [-0.4, -0.2) is 11.3 Å². The van der Waals surface area contributed by atoms with Crippen LogP contribution in [0.4, 0.5) is 18.9 Å². The van der Waals surface area contributed by atoms with Gasteiger partial charge in [0.25, 0.3) is 0 Å². The van der Waals surface area contributed by atoms with E-state index in [9.17, 15) is 13.2 Å². The lowest BCUT2D eigenvalue weighted by atomic mass is 10.2. The van der Waals surface area contributed by atoms with Gasteiger partial charge in [-0.25, -0.2) is 0 Å². The maximum Gasteiger partial charge on any atom is 0.573 e. The average molecular weight is 228 g/mol. The van der Waals surface area contributed by atoms with E-state index in [2.05, 4.69) is 9.72 Å². The number of nitrogens with zero attached hydrogens (tertiary/aromatic N) is 1. The summed E-state index contributed by atoms with van der Waals surface area (Å²) in [4.78, 5) is 3.96. The molecule has 0 unspecified atom stereocenters. The molecule has 0 spiro atoms. The van der Waals surface area contributed by atoms with Crippen LogP contribution in [0.2, 0.25) is 0 Å². The Kier molecular flexibility index (Phi) is 2.34. The Morgan fingerprint density at radius 2 is 1.94 bits per heavy atom. The summed E-state index contributed by atoms with van der Waals surface area (Å²) in [5.74, 6) is -0.285. The Morgan fingerprint density at radius 3 is 2.62 bits per heavy atom. The fraction of sp³-hybridized carbons (Fsp3) is 0.100. The van der Waals surface area contributed by atoms with Gasteiger partial charge in [0.2, 0.25) is 0 Å². The van der Waals surface area contributed by atoms with Crippen molar-refractivity contribution in [3.63, 3.8) is 0 Å². The number of nitrogen functional groups attached to an aromatic ring is 1. The number of ether oxygens (including phenoxy) is 1. The lowest BCUT2D eigenvalue weighted by molar-refractivity contribution is -0.274. The third-order valence-electron chi connectivity index (χ3n) is 1.91. The molecule has 0 aliphatic heterocycles. The van der Waals surface area contributed by atoms with E-state index < -0.39 is 6.36 Å². The lowest BCUT2D eigenvalue weighted by Gasteiger charge is -2.09. The third-order valence-corrected chi connectivity index (χ3v) is 1.91. The van der Waals surface area contributed by atoms with E-state index in [1.807, 2.05) is 0 Å². The molecule has 0 radical (unpaired) electrons. The predicted molar refractivity (Wildman–Crippen MR) is 52.8 cm³/mol. The summed E-state index contributed by atoms with van der Waals surface area (Å²) in [5.41, 5.74) is 6.42. The van der Waals surface area contributed by atoms with Crippen molar-refractivity contribution in [1.29, 1.82) is 0 Å². The number of hydrogen-bond acceptors (Lipinski definition) is 3. The predicted octanol–water partition coefficient (Wildman–Crippen LogP) is 2.72. The minimum atomic E-state index is -4.69. The van der Waals surface area contributed by atoms with Gasteiger partial charge in [-0.15, -0.1) is 13.2 Å². The first-order chi connectivity index (χ1) is 7.44. The summed E-state index contributed by atoms with van der Waals surface area (Å²) in [6.45, 7) is 0. The van der Waals surface area contributed by atoms with Crippen molar-refractivity contribution in [2.45, 2.75) is 6.36 Å². The summed E-state index contributed by atoms with van der Waals surface area (Å²) < 4.78 is 39.7. The fourth-order valence-corrected chi connectivity index (χ4v) is 1.32. The SMILES string of the molecule is Nc1cnc2ccc(OC(F)(F)F)cc2c1. The van der Waals surface area contributed by atoms with Crippen molar-refractivity contribution in [3.8, 4) is 5.75 Å². The van der Waals surface area contributed by atoms with Crippen LogP contribution in [-0.2, 0) is 0 Å². The van der Waals surface area contributed by atoms with E-state index in [4.69, 9.17) is 5.73 Å². The molecule has 0 aliphatic rings. The highest BCUT2D eigenvalue weighted by molar-refractivity contribution is 5.82. The molecule has 0 amide bonds. The van der Waals surface area contributed by atoms with Crippen molar-refractivity contribution in [3.05, 3.63) is 30.5 Å². The quantitative estimate of drug-likeness (QED) is 0.816. The van der Waals surface area contributed by atoms with E-state index in [1.54, 1.807) is 0 Å². The molecule has 0 fully saturated rings. The van der Waals surface area contributed by atoms with Crippen molar-refractivity contribution in [2.24, 2.45) is 0 Å². The second kappa shape index (κ2) is 3.55. The van der Waals surface area contributed by atoms with Gasteiger partial charge in [0, 0.05) is 5.39 Å². The molecule has 84 valence electrons. The molecular weight excluding hydrogens is 221 g/mol. The monoisotopic (exact) mass is 228 g/mol. The van der Waals surface area contributed by atoms with Crippen molar-refractivity contribution in [1.82, 2.24) is 4.98 Å². The lowest BCUT2D eigenvalue weighted by Crippen LogP contribution is -2.17. The van der Waals surface area contributed by atoms with E-state index in [1.165, 1.54) is 30.5 Å². The van der Waals surface area contributed by atoms with Gasteiger partial charge in [0.05, 0.1) is 17.4 Å². The van der Waals surface area contributed by atoms with Gasteiger partial charge in [0.15, 0.2) is 0 Å². The van der Waals surface area contributed by atoms with Crippen LogP contribution in [0.1, 0.15) is 0 Å². The van der Waals surface area contributed by atoms with E-state index in [-0.39, 0.29) is 5.75 Å². The molecule has 0 bridgehead atoms. The number of anilines is 1. The second-order valence-corrected chi connectivity index (χ2v) is 3.17. The van der Waals surface area contributed by atoms with Gasteiger partial charge >= 0.3 is 6.36 Å². The minimum Gasteiger partial charge on any atom is -0.406 e. The molecule has 1 aromatic heterocycles. The number of halogens is 3. The summed E-state index contributed by atoms with van der Waals surface area (Å²) in [6.07, 6.45) is -3.26. The molecule has 6 heteroatoms. The summed E-state index contributed by atoms with van der Waals surface area (Å²) in [5, 5.41) is 0.502. The summed E-state index contributed by atoms with van der Waals surface area (Å²) >= 11 is 0. The molecule has 0 saturated carbocycles. The standard InChI is InChI=1S/C10H7F3N2O/c11-10(12,13)16-8-1-2-9-6(4-8)3-7(14)5-15-9/h1-5H,14H2. The van der Waals surface area contributed by atoms with Crippen LogP contribution in [0.25, 0.3) is 10.9 Å². The molecule has 2 aromatic rings. The van der Waals surface area contributed by atoms with Crippen LogP contribution in [0, 0.1) is 0 Å². The molecular formula is C10H7F3N2O. The van der Waals surface area contributed by atoms with Crippen LogP contribution in [0.15, 0.2) is 30.5 Å². The molecule has 1 heterocycles. The highest BCUT2D eigenvalue weighted by atomic mass is 19.4. The van der Waals surface area contributed by atoms with Gasteiger partial charge in [-0.1, -0.05) is 0 Å². The van der Waals surface area contributed by atoms with Crippen LogP contribution >= 0.6 is 0 Å². The van der Waals surface area contributed by atoms with Crippen molar-refractivity contribution >= 4 is 16.6 Å². The molecule has 3 nitrogen and oxygen atoms in total. The molecule has 0 aliphatic carbocycles. The maximum atomic E-state index is 12.0. The highest BCUT2D eigenvalue weighted by Gasteiger charge is 2.31. The zero-order valence-electron chi connectivity index (χ0n) is 7.95. The Labute approximate surface area is 88.6 Å². The van der Waals surface area contributed by atoms with Gasteiger partial charge in [-0.2, -0.15) is 0 Å². The smallest absolute Gasteiger partial charge is 0.406 e. The van der Waals surface area contributed by atoms with E-state index in [0.29, 0.717) is 16.6 Å². The van der Waals surface area contributed by atoms with E-state index in [0.717, 1.165) is 0 Å². The molecule has 16 heavy (non-hydrogen) atoms. The Morgan fingerprint density at radius 1 is 1.19 bits per heavy atom. The number of nitrogens with two attached hydrogens (primary N) is 1. The number of alkyl halides is 3. The maximum absolute atomic E-state index is 12.0. The molecule has 0 atom stereocenters. The van der Waals surface area contributed by atoms with Crippen LogP contribution in [0.3, 0.4) is 0 Å². The second-order valence-electron chi connectivity index (χ2n) is 3.17. The third kappa shape index (κ3) is 2.33. The molecule has 2 rings (SSSR count). The van der Waals surface area contributed by atoms with Crippen molar-refractivity contribution < 1.29 is 17.9 Å². The fourth-order valence-electron chi connectivity index (χ4n) is 1.32. The Balaban J connectivity index is 2.43. The molecule has 2 N–H and O–H groups in total. The van der Waals surface area contributed by atoms with E-state index >= 15 is 0 Å². The zero-order chi connectivity index (χ0) is 11.8. The first-order valence-corrected chi connectivity index (χ1v) is 4.35. The summed E-state index contributed by atoms with van der Waals surface area (Å²) in [7, 11) is 0. The number of pyridine rings is 1. The first-order valence-electron chi connectivity index (χ1n) is 4.35. The van der Waals surface area contributed by atoms with Gasteiger partial charge < -0.3 is 10.5 Å². The number of aromatic nitrogens is 1. The normalized spacial score (nSPS) is 11.7. The average Bonchev–Trinajstić information content (AvgIpc) is 2.14. The molecule has 1 aromatic carbocycles. The zero-order valence-corrected chi connectivity index (χ0v) is 7.95. The number of fused-ring (bicyclic) bond motifs is 1. The van der Waals surface area contributed by atoms with Crippen LogP contribution in [0.5, 0.6) is 5.75 Å². The number of benzene rings is 1. The number of hydrogen-bond donors (Lipinski definition) is 1.